The molecule has 0 bridgehead atoms. The van der Waals surface area contributed by atoms with Gasteiger partial charge in [-0.1, -0.05) is 6.07 Å². The summed E-state index contributed by atoms with van der Waals surface area (Å²) in [5, 5.41) is 3.43. The molecule has 166 valence electrons. The molecule has 0 atom stereocenters. The van der Waals surface area contributed by atoms with Gasteiger partial charge in [0.2, 0.25) is 5.92 Å². The molecular weight excluding hydrogens is 418 g/mol. The molecule has 1 amide bonds. The number of anilines is 2. The molecule has 1 saturated heterocycles. The van der Waals surface area contributed by atoms with Crippen LogP contribution in [-0.2, 0) is 4.74 Å². The average molecular weight is 440 g/mol. The number of carbonyl (C=O) groups excluding carboxylic acids is 2. The Morgan fingerprint density at radius 1 is 1.12 bits per heavy atom. The number of hydrogen-bond acceptors (Lipinski definition) is 6. The van der Waals surface area contributed by atoms with Crippen molar-refractivity contribution in [3.63, 3.8) is 0 Å². The lowest BCUT2D eigenvalue weighted by molar-refractivity contribution is -0.0102. The molecule has 1 aliphatic heterocycles. The largest absolute Gasteiger partial charge is 0.465 e. The van der Waals surface area contributed by atoms with Crippen LogP contribution in [-0.4, -0.2) is 48.0 Å². The Labute approximate surface area is 183 Å². The number of halogens is 2. The summed E-state index contributed by atoms with van der Waals surface area (Å²) in [6.45, 7) is 0.440. The maximum atomic E-state index is 13.9. The molecule has 0 saturated carbocycles. The minimum atomic E-state index is -2.74. The van der Waals surface area contributed by atoms with E-state index in [0.717, 1.165) is 0 Å². The van der Waals surface area contributed by atoms with Crippen LogP contribution in [0.3, 0.4) is 0 Å². The van der Waals surface area contributed by atoms with Gasteiger partial charge in [0, 0.05) is 43.2 Å². The highest BCUT2D eigenvalue weighted by Gasteiger charge is 2.33. The molecule has 0 aliphatic carbocycles. The standard InChI is InChI=1S/C23H22F2N4O3/c1-32-22(31)16-5-2-7-17(13-16)27-21(30)18-14-15-6-3-10-26-19(15)28-20(18)29-11-4-8-23(24,25)9-12-29/h2-3,5-7,10,13-14H,4,8-9,11-12H2,1H3,(H,27,30). The summed E-state index contributed by atoms with van der Waals surface area (Å²) >= 11 is 0. The Bertz CT molecular complexity index is 1170. The predicted octanol–water partition coefficient (Wildman–Crippen LogP) is 4.29. The fourth-order valence-corrected chi connectivity index (χ4v) is 3.72. The molecule has 1 fully saturated rings. The van der Waals surface area contributed by atoms with Crippen LogP contribution in [0.25, 0.3) is 11.0 Å². The first-order valence-corrected chi connectivity index (χ1v) is 10.2. The maximum Gasteiger partial charge on any atom is 0.337 e. The number of aromatic nitrogens is 2. The van der Waals surface area contributed by atoms with Gasteiger partial charge < -0.3 is 15.0 Å². The van der Waals surface area contributed by atoms with Gasteiger partial charge in [-0.25, -0.2) is 23.5 Å². The van der Waals surface area contributed by atoms with Crippen LogP contribution in [0.15, 0.2) is 48.7 Å². The number of amides is 1. The van der Waals surface area contributed by atoms with Crippen molar-refractivity contribution in [2.75, 3.05) is 30.4 Å². The molecule has 2 aromatic heterocycles. The van der Waals surface area contributed by atoms with E-state index in [-0.39, 0.29) is 31.4 Å². The molecule has 9 heteroatoms. The highest BCUT2D eigenvalue weighted by molar-refractivity contribution is 6.09. The fourth-order valence-electron chi connectivity index (χ4n) is 3.72. The minimum absolute atomic E-state index is 0.0798. The molecule has 7 nitrogen and oxygen atoms in total. The van der Waals surface area contributed by atoms with Crippen LogP contribution in [0, 0.1) is 0 Å². The summed E-state index contributed by atoms with van der Waals surface area (Å²) in [5.74, 6) is -3.40. The van der Waals surface area contributed by atoms with Gasteiger partial charge in [0.25, 0.3) is 5.91 Å². The first-order chi connectivity index (χ1) is 15.4. The zero-order valence-electron chi connectivity index (χ0n) is 17.5. The Hall–Kier alpha value is -3.62. The van der Waals surface area contributed by atoms with E-state index < -0.39 is 17.8 Å². The van der Waals surface area contributed by atoms with Crippen molar-refractivity contribution in [2.45, 2.75) is 25.2 Å². The molecule has 1 aliphatic rings. The van der Waals surface area contributed by atoms with E-state index in [4.69, 9.17) is 4.74 Å². The lowest BCUT2D eigenvalue weighted by atomic mass is 10.1. The summed E-state index contributed by atoms with van der Waals surface area (Å²) in [4.78, 5) is 35.5. The highest BCUT2D eigenvalue weighted by Crippen LogP contribution is 2.31. The van der Waals surface area contributed by atoms with Crippen molar-refractivity contribution in [1.82, 2.24) is 9.97 Å². The number of hydrogen-bond donors (Lipinski definition) is 1. The molecule has 4 rings (SSSR count). The number of carbonyl (C=O) groups is 2. The molecule has 0 spiro atoms. The summed E-state index contributed by atoms with van der Waals surface area (Å²) < 4.78 is 32.5. The predicted molar refractivity (Wildman–Crippen MR) is 116 cm³/mol. The third-order valence-corrected chi connectivity index (χ3v) is 5.37. The van der Waals surface area contributed by atoms with Crippen molar-refractivity contribution in [3.05, 3.63) is 59.8 Å². The number of benzene rings is 1. The molecule has 0 unspecified atom stereocenters. The van der Waals surface area contributed by atoms with Gasteiger partial charge >= 0.3 is 5.97 Å². The third kappa shape index (κ3) is 4.66. The normalized spacial score (nSPS) is 15.8. The Kier molecular flexibility index (Phi) is 5.98. The zero-order valence-corrected chi connectivity index (χ0v) is 17.5. The Balaban J connectivity index is 1.70. The third-order valence-electron chi connectivity index (χ3n) is 5.37. The number of esters is 1. The number of fused-ring (bicyclic) bond motifs is 1. The summed E-state index contributed by atoms with van der Waals surface area (Å²) in [7, 11) is 1.28. The second-order valence-electron chi connectivity index (χ2n) is 7.63. The number of nitrogens with zero attached hydrogens (tertiary/aromatic N) is 3. The van der Waals surface area contributed by atoms with E-state index in [2.05, 4.69) is 15.3 Å². The Morgan fingerprint density at radius 2 is 1.97 bits per heavy atom. The number of nitrogens with one attached hydrogen (secondary N) is 1. The lowest BCUT2D eigenvalue weighted by Gasteiger charge is -2.24. The number of ether oxygens (including phenoxy) is 1. The van der Waals surface area contributed by atoms with Gasteiger partial charge in [0.05, 0.1) is 18.2 Å². The molecule has 32 heavy (non-hydrogen) atoms. The first-order valence-electron chi connectivity index (χ1n) is 10.2. The van der Waals surface area contributed by atoms with E-state index >= 15 is 0 Å². The lowest BCUT2D eigenvalue weighted by Crippen LogP contribution is -2.29. The first kappa shape index (κ1) is 21.6. The summed E-state index contributed by atoms with van der Waals surface area (Å²) in [6.07, 6.45) is 1.37. The van der Waals surface area contributed by atoms with E-state index in [1.54, 1.807) is 47.5 Å². The van der Waals surface area contributed by atoms with Crippen LogP contribution in [0.2, 0.25) is 0 Å². The number of pyridine rings is 2. The second kappa shape index (κ2) is 8.86. The number of alkyl halides is 2. The number of methoxy groups -OCH3 is 1. The van der Waals surface area contributed by atoms with Crippen molar-refractivity contribution < 1.29 is 23.1 Å². The van der Waals surface area contributed by atoms with E-state index in [9.17, 15) is 18.4 Å². The highest BCUT2D eigenvalue weighted by atomic mass is 19.3. The van der Waals surface area contributed by atoms with Crippen molar-refractivity contribution in [2.24, 2.45) is 0 Å². The molecular formula is C23H22F2N4O3. The van der Waals surface area contributed by atoms with Gasteiger partial charge in [-0.3, -0.25) is 4.79 Å². The van der Waals surface area contributed by atoms with Crippen LogP contribution in [0.5, 0.6) is 0 Å². The van der Waals surface area contributed by atoms with Gasteiger partial charge in [-0.2, -0.15) is 0 Å². The zero-order chi connectivity index (χ0) is 22.7. The topological polar surface area (TPSA) is 84.4 Å². The Morgan fingerprint density at radius 3 is 2.78 bits per heavy atom. The maximum absolute atomic E-state index is 13.9. The van der Waals surface area contributed by atoms with Crippen molar-refractivity contribution >= 4 is 34.4 Å². The van der Waals surface area contributed by atoms with Crippen LogP contribution >= 0.6 is 0 Å². The molecule has 3 aromatic rings. The average Bonchev–Trinajstić information content (AvgIpc) is 2.98. The molecule has 1 N–H and O–H groups in total. The van der Waals surface area contributed by atoms with Crippen LogP contribution < -0.4 is 10.2 Å². The summed E-state index contributed by atoms with van der Waals surface area (Å²) in [5.41, 5.74) is 1.38. The number of rotatable bonds is 4. The van der Waals surface area contributed by atoms with Crippen LogP contribution in [0.4, 0.5) is 20.3 Å². The van der Waals surface area contributed by atoms with Gasteiger partial charge in [-0.15, -0.1) is 0 Å². The second-order valence-corrected chi connectivity index (χ2v) is 7.63. The fraction of sp³-hybridized carbons (Fsp3) is 0.304. The van der Waals surface area contributed by atoms with Crippen LogP contribution in [0.1, 0.15) is 40.0 Å². The monoisotopic (exact) mass is 440 g/mol. The van der Waals surface area contributed by atoms with Crippen molar-refractivity contribution in [1.29, 1.82) is 0 Å². The van der Waals surface area contributed by atoms with E-state index in [1.807, 2.05) is 0 Å². The van der Waals surface area contributed by atoms with Crippen molar-refractivity contribution in [3.8, 4) is 0 Å². The summed E-state index contributed by atoms with van der Waals surface area (Å²) in [6, 6.07) is 11.5. The molecule has 1 aromatic carbocycles. The van der Waals surface area contributed by atoms with E-state index in [1.165, 1.54) is 13.2 Å². The van der Waals surface area contributed by atoms with E-state index in [0.29, 0.717) is 34.6 Å². The molecule has 0 radical (unpaired) electrons. The SMILES string of the molecule is COC(=O)c1cccc(NC(=O)c2cc3cccnc3nc2N2CCCC(F)(F)CC2)c1. The van der Waals surface area contributed by atoms with Gasteiger partial charge in [-0.05, 0) is 42.8 Å². The quantitative estimate of drug-likeness (QED) is 0.609. The minimum Gasteiger partial charge on any atom is -0.465 e. The molecule has 3 heterocycles. The smallest absolute Gasteiger partial charge is 0.337 e. The van der Waals surface area contributed by atoms with Gasteiger partial charge in [0.15, 0.2) is 5.65 Å². The van der Waals surface area contributed by atoms with Gasteiger partial charge in [0.1, 0.15) is 5.82 Å².